The number of carbonyl (C=O) groups excluding carboxylic acids is 1. The summed E-state index contributed by atoms with van der Waals surface area (Å²) in [5.41, 5.74) is 5.74. The van der Waals surface area contributed by atoms with Crippen LogP contribution in [-0.4, -0.2) is 28.4 Å². The molecule has 2 saturated carbocycles. The molecule has 0 aromatic carbocycles. The second kappa shape index (κ2) is 4.23. The van der Waals surface area contributed by atoms with E-state index in [1.165, 1.54) is 19.3 Å². The number of hydrogen-bond donors (Lipinski definition) is 1. The van der Waals surface area contributed by atoms with Crippen molar-refractivity contribution in [2.24, 2.45) is 23.5 Å². The summed E-state index contributed by atoms with van der Waals surface area (Å²) < 4.78 is 0. The van der Waals surface area contributed by atoms with Crippen LogP contribution in [0.1, 0.15) is 38.5 Å². The molecule has 0 spiro atoms. The first-order valence-corrected chi connectivity index (χ1v) is 7.17. The number of nitrogens with zero attached hydrogens (tertiary/aromatic N) is 1. The van der Waals surface area contributed by atoms with Crippen LogP contribution in [0.5, 0.6) is 0 Å². The Bertz CT molecular complexity index is 357. The third-order valence-corrected chi connectivity index (χ3v) is 5.19. The highest BCUT2D eigenvalue weighted by Gasteiger charge is 2.46. The summed E-state index contributed by atoms with van der Waals surface area (Å²) in [6.45, 7) is 0.856. The van der Waals surface area contributed by atoms with Crippen molar-refractivity contribution in [2.75, 3.05) is 6.54 Å². The highest BCUT2D eigenvalue weighted by molar-refractivity contribution is 7.80. The van der Waals surface area contributed by atoms with Crippen LogP contribution in [-0.2, 0) is 4.79 Å². The number of amides is 1. The molecule has 4 unspecified atom stereocenters. The van der Waals surface area contributed by atoms with Crippen molar-refractivity contribution in [1.29, 1.82) is 0 Å². The lowest BCUT2D eigenvalue weighted by Gasteiger charge is -2.30. The van der Waals surface area contributed by atoms with Gasteiger partial charge in [-0.1, -0.05) is 18.6 Å². The SMILES string of the molecule is NC(=S)C1CCCN1C(=O)C1CC2CCC1C2. The van der Waals surface area contributed by atoms with Crippen molar-refractivity contribution in [3.05, 3.63) is 0 Å². The van der Waals surface area contributed by atoms with Gasteiger partial charge in [-0.2, -0.15) is 0 Å². The normalized spacial score (nSPS) is 39.9. The average molecular weight is 252 g/mol. The second-order valence-corrected chi connectivity index (χ2v) is 6.34. The average Bonchev–Trinajstić information content (AvgIpc) is 3.02. The maximum atomic E-state index is 12.6. The first kappa shape index (κ1) is 11.5. The molecule has 3 rings (SSSR count). The van der Waals surface area contributed by atoms with Crippen LogP contribution in [0.15, 0.2) is 0 Å². The lowest BCUT2D eigenvalue weighted by atomic mass is 9.87. The third-order valence-electron chi connectivity index (χ3n) is 4.92. The van der Waals surface area contributed by atoms with Gasteiger partial charge in [0.25, 0.3) is 0 Å². The zero-order valence-corrected chi connectivity index (χ0v) is 10.9. The Balaban J connectivity index is 1.71. The van der Waals surface area contributed by atoms with Gasteiger partial charge in [0.15, 0.2) is 0 Å². The van der Waals surface area contributed by atoms with Crippen LogP contribution < -0.4 is 5.73 Å². The Morgan fingerprint density at radius 2 is 2.06 bits per heavy atom. The molecule has 2 bridgehead atoms. The van der Waals surface area contributed by atoms with E-state index in [0.717, 1.165) is 31.7 Å². The van der Waals surface area contributed by atoms with Gasteiger partial charge in [0.1, 0.15) is 0 Å². The molecular formula is C13H20N2OS. The zero-order chi connectivity index (χ0) is 12.0. The molecule has 3 nitrogen and oxygen atoms in total. The number of rotatable bonds is 2. The predicted octanol–water partition coefficient (Wildman–Crippen LogP) is 1.70. The van der Waals surface area contributed by atoms with Crippen LogP contribution in [0.4, 0.5) is 0 Å². The summed E-state index contributed by atoms with van der Waals surface area (Å²) in [4.78, 5) is 15.0. The first-order valence-electron chi connectivity index (χ1n) is 6.76. The van der Waals surface area contributed by atoms with E-state index < -0.39 is 0 Å². The van der Waals surface area contributed by atoms with Crippen molar-refractivity contribution >= 4 is 23.1 Å². The van der Waals surface area contributed by atoms with Crippen molar-refractivity contribution < 1.29 is 4.79 Å². The Labute approximate surface area is 108 Å². The van der Waals surface area contributed by atoms with Gasteiger partial charge < -0.3 is 10.6 Å². The first-order chi connectivity index (χ1) is 8.16. The highest BCUT2D eigenvalue weighted by atomic mass is 32.1. The highest BCUT2D eigenvalue weighted by Crippen LogP contribution is 2.49. The minimum atomic E-state index is 0.0385. The Hall–Kier alpha value is -0.640. The van der Waals surface area contributed by atoms with E-state index in [1.54, 1.807) is 0 Å². The van der Waals surface area contributed by atoms with Crippen molar-refractivity contribution in [1.82, 2.24) is 4.90 Å². The fourth-order valence-electron chi connectivity index (χ4n) is 4.09. The molecule has 0 aromatic heterocycles. The lowest BCUT2D eigenvalue weighted by molar-refractivity contribution is -0.137. The fourth-order valence-corrected chi connectivity index (χ4v) is 4.33. The molecule has 2 aliphatic carbocycles. The van der Waals surface area contributed by atoms with Gasteiger partial charge in [0.05, 0.1) is 11.0 Å². The van der Waals surface area contributed by atoms with Gasteiger partial charge in [0, 0.05) is 12.5 Å². The minimum Gasteiger partial charge on any atom is -0.392 e. The second-order valence-electron chi connectivity index (χ2n) is 5.87. The molecule has 0 radical (unpaired) electrons. The largest absolute Gasteiger partial charge is 0.392 e. The van der Waals surface area contributed by atoms with Crippen molar-refractivity contribution in [2.45, 2.75) is 44.6 Å². The molecule has 0 aromatic rings. The maximum Gasteiger partial charge on any atom is 0.226 e. The number of carbonyl (C=O) groups is 1. The Morgan fingerprint density at radius 3 is 2.65 bits per heavy atom. The molecule has 1 saturated heterocycles. The van der Waals surface area contributed by atoms with Gasteiger partial charge >= 0.3 is 0 Å². The van der Waals surface area contributed by atoms with E-state index in [2.05, 4.69) is 0 Å². The zero-order valence-electron chi connectivity index (χ0n) is 10.1. The number of nitrogens with two attached hydrogens (primary N) is 1. The predicted molar refractivity (Wildman–Crippen MR) is 70.5 cm³/mol. The van der Waals surface area contributed by atoms with Crippen molar-refractivity contribution in [3.63, 3.8) is 0 Å². The summed E-state index contributed by atoms with van der Waals surface area (Å²) in [5.74, 6) is 2.09. The summed E-state index contributed by atoms with van der Waals surface area (Å²) in [6.07, 6.45) is 7.00. The van der Waals surface area contributed by atoms with Crippen molar-refractivity contribution in [3.8, 4) is 0 Å². The van der Waals surface area contributed by atoms with E-state index in [0.29, 0.717) is 16.8 Å². The van der Waals surface area contributed by atoms with Gasteiger partial charge in [-0.15, -0.1) is 0 Å². The fraction of sp³-hybridized carbons (Fsp3) is 0.846. The quantitative estimate of drug-likeness (QED) is 0.761. The standard InChI is InChI=1S/C13H20N2OS/c14-12(17)11-2-1-5-15(11)13(16)10-7-8-3-4-9(10)6-8/h8-11H,1-7H2,(H2,14,17). The smallest absolute Gasteiger partial charge is 0.226 e. The molecule has 3 fully saturated rings. The molecule has 94 valence electrons. The molecule has 1 heterocycles. The van der Waals surface area contributed by atoms with Gasteiger partial charge in [-0.3, -0.25) is 4.79 Å². The molecular weight excluding hydrogens is 232 g/mol. The van der Waals surface area contributed by atoms with Crippen LogP contribution in [0, 0.1) is 17.8 Å². The summed E-state index contributed by atoms with van der Waals surface area (Å²) in [5, 5.41) is 0. The van der Waals surface area contributed by atoms with Crippen LogP contribution in [0.25, 0.3) is 0 Å². The van der Waals surface area contributed by atoms with Gasteiger partial charge in [0.2, 0.25) is 5.91 Å². The maximum absolute atomic E-state index is 12.6. The van der Waals surface area contributed by atoms with E-state index >= 15 is 0 Å². The molecule has 4 heteroatoms. The topological polar surface area (TPSA) is 46.3 Å². The molecule has 4 atom stereocenters. The van der Waals surface area contributed by atoms with E-state index in [-0.39, 0.29) is 12.0 Å². The molecule has 17 heavy (non-hydrogen) atoms. The summed E-state index contributed by atoms with van der Waals surface area (Å²) >= 11 is 5.08. The molecule has 2 N–H and O–H groups in total. The van der Waals surface area contributed by atoms with E-state index in [4.69, 9.17) is 18.0 Å². The monoisotopic (exact) mass is 252 g/mol. The summed E-state index contributed by atoms with van der Waals surface area (Å²) in [7, 11) is 0. The third kappa shape index (κ3) is 1.86. The Kier molecular flexibility index (Phi) is 2.85. The lowest BCUT2D eigenvalue weighted by Crippen LogP contribution is -2.46. The van der Waals surface area contributed by atoms with Gasteiger partial charge in [-0.05, 0) is 43.9 Å². The van der Waals surface area contributed by atoms with Crippen LogP contribution in [0.2, 0.25) is 0 Å². The molecule has 1 aliphatic heterocycles. The molecule has 1 amide bonds. The number of likely N-dealkylation sites (tertiary alicyclic amines) is 1. The van der Waals surface area contributed by atoms with E-state index in [9.17, 15) is 4.79 Å². The minimum absolute atomic E-state index is 0.0385. The number of thiocarbonyl (C=S) groups is 1. The van der Waals surface area contributed by atoms with Gasteiger partial charge in [-0.25, -0.2) is 0 Å². The van der Waals surface area contributed by atoms with Crippen LogP contribution in [0.3, 0.4) is 0 Å². The summed E-state index contributed by atoms with van der Waals surface area (Å²) in [6, 6.07) is 0.0385. The van der Waals surface area contributed by atoms with Crippen LogP contribution >= 0.6 is 12.2 Å². The van der Waals surface area contributed by atoms with E-state index in [1.807, 2.05) is 4.90 Å². The number of fused-ring (bicyclic) bond motifs is 2. The number of hydrogen-bond acceptors (Lipinski definition) is 2. The Morgan fingerprint density at radius 1 is 1.24 bits per heavy atom. The molecule has 3 aliphatic rings.